The van der Waals surface area contributed by atoms with Crippen molar-refractivity contribution >= 4 is 39.6 Å². The van der Waals surface area contributed by atoms with Crippen molar-refractivity contribution in [3.63, 3.8) is 0 Å². The van der Waals surface area contributed by atoms with Crippen molar-refractivity contribution in [3.8, 4) is 11.4 Å². The third-order valence-corrected chi connectivity index (χ3v) is 5.89. The first-order valence-electron chi connectivity index (χ1n) is 11.1. The number of nitrogens with one attached hydrogen (secondary N) is 1. The highest BCUT2D eigenvalue weighted by molar-refractivity contribution is 6.01. The molecule has 1 aliphatic rings. The number of fused-ring (bicyclic) bond motifs is 2. The zero-order chi connectivity index (χ0) is 23.1. The van der Waals surface area contributed by atoms with Gasteiger partial charge in [0.05, 0.1) is 24.6 Å². The number of hydrogen-bond donors (Lipinski definition) is 2. The molecule has 10 nitrogen and oxygen atoms in total. The number of anilines is 4. The molecule has 6 heterocycles. The van der Waals surface area contributed by atoms with E-state index in [0.29, 0.717) is 29.9 Å². The molecule has 10 heteroatoms. The Morgan fingerprint density at radius 1 is 1.06 bits per heavy atom. The Labute approximate surface area is 195 Å². The predicted molar refractivity (Wildman–Crippen MR) is 131 cm³/mol. The Hall–Kier alpha value is -4.31. The van der Waals surface area contributed by atoms with Gasteiger partial charge in [0.15, 0.2) is 11.5 Å². The minimum atomic E-state index is 0.200. The number of ether oxygens (including phenoxy) is 1. The molecule has 0 radical (unpaired) electrons. The van der Waals surface area contributed by atoms with Crippen LogP contribution in [-0.4, -0.2) is 55.4 Å². The van der Waals surface area contributed by atoms with Gasteiger partial charge in [-0.05, 0) is 37.3 Å². The Morgan fingerprint density at radius 3 is 2.85 bits per heavy atom. The number of nitrogens with zero attached hydrogens (tertiary/aromatic N) is 7. The topological polar surface area (TPSA) is 119 Å². The van der Waals surface area contributed by atoms with E-state index in [-0.39, 0.29) is 6.10 Å². The van der Waals surface area contributed by atoms with Crippen molar-refractivity contribution in [3.05, 3.63) is 61.2 Å². The molecule has 0 bridgehead atoms. The van der Waals surface area contributed by atoms with Gasteiger partial charge in [0, 0.05) is 48.0 Å². The Morgan fingerprint density at radius 2 is 2.00 bits per heavy atom. The second-order valence-corrected chi connectivity index (χ2v) is 8.27. The highest BCUT2D eigenvalue weighted by Crippen LogP contribution is 2.31. The van der Waals surface area contributed by atoms with Crippen LogP contribution in [0.4, 0.5) is 23.1 Å². The van der Waals surface area contributed by atoms with E-state index in [4.69, 9.17) is 20.6 Å². The van der Waals surface area contributed by atoms with Gasteiger partial charge in [-0.3, -0.25) is 0 Å². The van der Waals surface area contributed by atoms with Crippen molar-refractivity contribution in [1.29, 1.82) is 0 Å². The minimum absolute atomic E-state index is 0.200. The van der Waals surface area contributed by atoms with E-state index < -0.39 is 0 Å². The maximum Gasteiger partial charge on any atom is 0.184 e. The molecule has 1 unspecified atom stereocenters. The molecule has 6 rings (SSSR count). The summed E-state index contributed by atoms with van der Waals surface area (Å²) in [5.41, 5.74) is 8.77. The summed E-state index contributed by atoms with van der Waals surface area (Å²) in [6.07, 6.45) is 7.35. The molecule has 0 aromatic carbocycles. The largest absolute Gasteiger partial charge is 0.383 e. The average molecular weight is 454 g/mol. The summed E-state index contributed by atoms with van der Waals surface area (Å²) in [5, 5.41) is 9.59. The van der Waals surface area contributed by atoms with Crippen molar-refractivity contribution in [1.82, 2.24) is 29.5 Å². The Balaban J connectivity index is 1.40. The molecule has 0 aliphatic carbocycles. The molecule has 1 atom stereocenters. The zero-order valence-electron chi connectivity index (χ0n) is 18.6. The fourth-order valence-electron chi connectivity index (χ4n) is 4.20. The molecule has 1 fully saturated rings. The van der Waals surface area contributed by atoms with Crippen LogP contribution in [0.5, 0.6) is 0 Å². The molecule has 1 saturated heterocycles. The number of hydrogen-bond acceptors (Lipinski definition) is 9. The highest BCUT2D eigenvalue weighted by atomic mass is 16.5. The molecule has 3 N–H and O–H groups in total. The van der Waals surface area contributed by atoms with E-state index >= 15 is 0 Å². The second-order valence-electron chi connectivity index (χ2n) is 8.27. The third kappa shape index (κ3) is 3.73. The maximum absolute atomic E-state index is 6.15. The summed E-state index contributed by atoms with van der Waals surface area (Å²) in [6.45, 7) is 4.50. The molecule has 5 aromatic heterocycles. The van der Waals surface area contributed by atoms with Crippen LogP contribution in [0.1, 0.15) is 6.92 Å². The number of morpholine rings is 1. The van der Waals surface area contributed by atoms with Gasteiger partial charge in [-0.25, -0.2) is 24.5 Å². The van der Waals surface area contributed by atoms with Gasteiger partial charge < -0.3 is 20.7 Å². The molecular formula is C24H23N9O. The average Bonchev–Trinajstić information content (AvgIpc) is 3.28. The molecule has 0 saturated carbocycles. The van der Waals surface area contributed by atoms with Gasteiger partial charge in [0.1, 0.15) is 17.5 Å². The Kier molecular flexibility index (Phi) is 4.92. The highest BCUT2D eigenvalue weighted by Gasteiger charge is 2.19. The summed E-state index contributed by atoms with van der Waals surface area (Å²) in [6, 6.07) is 11.6. The van der Waals surface area contributed by atoms with Crippen molar-refractivity contribution in [2.75, 3.05) is 35.6 Å². The van der Waals surface area contributed by atoms with E-state index in [1.165, 1.54) is 0 Å². The maximum atomic E-state index is 6.15. The second kappa shape index (κ2) is 8.23. The van der Waals surface area contributed by atoms with Crippen LogP contribution < -0.4 is 16.0 Å². The predicted octanol–water partition coefficient (Wildman–Crippen LogP) is 3.29. The standard InChI is InChI=1S/C24H23N9O/c1-15-13-32(8-9-34-15)16-5-6-22-30-24(31-33(22)14-16)19-12-28-23(25)18-11-27-21(10-17(18)19)29-20-4-2-3-7-26-20/h2-7,10-12,14-15H,8-9,13H2,1H3,(H2,25,28)(H,26,27,29). The van der Waals surface area contributed by atoms with Crippen LogP contribution in [0.15, 0.2) is 61.2 Å². The van der Waals surface area contributed by atoms with Crippen LogP contribution in [-0.2, 0) is 4.74 Å². The number of rotatable bonds is 4. The van der Waals surface area contributed by atoms with Crippen LogP contribution in [0.3, 0.4) is 0 Å². The summed E-state index contributed by atoms with van der Waals surface area (Å²) in [7, 11) is 0. The van der Waals surface area contributed by atoms with Crippen LogP contribution in [0.2, 0.25) is 0 Å². The SMILES string of the molecule is CC1CN(c2ccc3nc(-c4cnc(N)c5cnc(Nc6ccccn6)cc45)nn3c2)CCO1. The van der Waals surface area contributed by atoms with E-state index in [2.05, 4.69) is 38.2 Å². The van der Waals surface area contributed by atoms with Crippen LogP contribution >= 0.6 is 0 Å². The molecule has 34 heavy (non-hydrogen) atoms. The van der Waals surface area contributed by atoms with Crippen molar-refractivity contribution in [2.24, 2.45) is 0 Å². The lowest BCUT2D eigenvalue weighted by molar-refractivity contribution is 0.0532. The number of nitrogen functional groups attached to an aromatic ring is 1. The smallest absolute Gasteiger partial charge is 0.184 e. The van der Waals surface area contributed by atoms with Gasteiger partial charge in [0.2, 0.25) is 0 Å². The van der Waals surface area contributed by atoms with Crippen LogP contribution in [0, 0.1) is 0 Å². The molecule has 1 aliphatic heterocycles. The van der Waals surface area contributed by atoms with Gasteiger partial charge in [-0.2, -0.15) is 0 Å². The molecule has 0 spiro atoms. The lowest BCUT2D eigenvalue weighted by Crippen LogP contribution is -2.41. The van der Waals surface area contributed by atoms with E-state index in [0.717, 1.165) is 40.8 Å². The van der Waals surface area contributed by atoms with E-state index in [1.807, 2.05) is 36.5 Å². The Bertz CT molecular complexity index is 1480. The fraction of sp³-hybridized carbons (Fsp3) is 0.208. The minimum Gasteiger partial charge on any atom is -0.383 e. The zero-order valence-corrected chi connectivity index (χ0v) is 18.6. The molecular weight excluding hydrogens is 430 g/mol. The number of nitrogens with two attached hydrogens (primary N) is 1. The van der Waals surface area contributed by atoms with Crippen molar-refractivity contribution < 1.29 is 4.74 Å². The first kappa shape index (κ1) is 20.3. The summed E-state index contributed by atoms with van der Waals surface area (Å²) in [5.74, 6) is 2.32. The lowest BCUT2D eigenvalue weighted by atomic mass is 10.1. The summed E-state index contributed by atoms with van der Waals surface area (Å²) < 4.78 is 7.48. The molecule has 0 amide bonds. The first-order valence-corrected chi connectivity index (χ1v) is 11.1. The first-order chi connectivity index (χ1) is 16.6. The third-order valence-electron chi connectivity index (χ3n) is 5.89. The van der Waals surface area contributed by atoms with Gasteiger partial charge in [-0.15, -0.1) is 5.10 Å². The fourth-order valence-corrected chi connectivity index (χ4v) is 4.20. The lowest BCUT2D eigenvalue weighted by Gasteiger charge is -2.32. The number of aromatic nitrogens is 6. The van der Waals surface area contributed by atoms with E-state index in [1.54, 1.807) is 23.1 Å². The molecule has 5 aromatic rings. The van der Waals surface area contributed by atoms with Gasteiger partial charge >= 0.3 is 0 Å². The summed E-state index contributed by atoms with van der Waals surface area (Å²) in [4.78, 5) is 20.2. The van der Waals surface area contributed by atoms with Crippen LogP contribution in [0.25, 0.3) is 27.8 Å². The van der Waals surface area contributed by atoms with Gasteiger partial charge in [0.25, 0.3) is 0 Å². The normalized spacial score (nSPS) is 16.3. The van der Waals surface area contributed by atoms with E-state index in [9.17, 15) is 0 Å². The van der Waals surface area contributed by atoms with Crippen molar-refractivity contribution in [2.45, 2.75) is 13.0 Å². The van der Waals surface area contributed by atoms with Gasteiger partial charge in [-0.1, -0.05) is 6.07 Å². The summed E-state index contributed by atoms with van der Waals surface area (Å²) >= 11 is 0. The quantitative estimate of drug-likeness (QED) is 0.422. The monoisotopic (exact) mass is 453 g/mol. The number of pyridine rings is 4. The molecule has 170 valence electrons.